The maximum atomic E-state index is 5.21. The average Bonchev–Trinajstić information content (AvgIpc) is 2.85. The molecule has 2 nitrogen and oxygen atoms in total. The molecule has 0 aliphatic rings. The van der Waals surface area contributed by atoms with Crippen molar-refractivity contribution in [3.63, 3.8) is 0 Å². The zero-order valence-corrected chi connectivity index (χ0v) is 12.3. The Morgan fingerprint density at radius 1 is 1.33 bits per heavy atom. The van der Waals surface area contributed by atoms with Crippen LogP contribution in [-0.4, -0.2) is 6.54 Å². The van der Waals surface area contributed by atoms with Crippen molar-refractivity contribution in [3.05, 3.63) is 58.0 Å². The molecule has 1 heterocycles. The molecule has 0 fully saturated rings. The maximum Gasteiger partial charge on any atom is 0.0953 e. The van der Waals surface area contributed by atoms with E-state index in [0.717, 1.165) is 23.0 Å². The highest BCUT2D eigenvalue weighted by molar-refractivity contribution is 9.10. The van der Waals surface area contributed by atoms with Crippen molar-refractivity contribution < 1.29 is 4.42 Å². The second-order valence-electron chi connectivity index (χ2n) is 4.47. The number of hydrogen-bond donors (Lipinski definition) is 1. The van der Waals surface area contributed by atoms with Gasteiger partial charge in [0.15, 0.2) is 0 Å². The second-order valence-corrected chi connectivity index (χ2v) is 5.32. The van der Waals surface area contributed by atoms with Crippen molar-refractivity contribution in [3.8, 4) is 0 Å². The van der Waals surface area contributed by atoms with E-state index in [4.69, 9.17) is 4.42 Å². The molecule has 0 aliphatic carbocycles. The van der Waals surface area contributed by atoms with E-state index >= 15 is 0 Å². The van der Waals surface area contributed by atoms with Crippen LogP contribution >= 0.6 is 15.9 Å². The van der Waals surface area contributed by atoms with Gasteiger partial charge in [-0.25, -0.2) is 0 Å². The molecule has 0 saturated carbocycles. The third-order valence-electron chi connectivity index (χ3n) is 2.94. The van der Waals surface area contributed by atoms with Crippen molar-refractivity contribution in [1.29, 1.82) is 0 Å². The van der Waals surface area contributed by atoms with Crippen LogP contribution < -0.4 is 5.32 Å². The van der Waals surface area contributed by atoms with Crippen molar-refractivity contribution in [2.75, 3.05) is 6.54 Å². The molecule has 0 spiro atoms. The van der Waals surface area contributed by atoms with Crippen LogP contribution in [0.5, 0.6) is 0 Å². The first-order valence-electron chi connectivity index (χ1n) is 6.24. The number of hydrogen-bond acceptors (Lipinski definition) is 2. The van der Waals surface area contributed by atoms with E-state index in [0.29, 0.717) is 0 Å². The largest absolute Gasteiger partial charge is 0.472 e. The monoisotopic (exact) mass is 307 g/mol. The summed E-state index contributed by atoms with van der Waals surface area (Å²) in [6.07, 6.45) is 4.63. The summed E-state index contributed by atoms with van der Waals surface area (Å²) in [6.45, 7) is 5.25. The van der Waals surface area contributed by atoms with E-state index in [-0.39, 0.29) is 6.04 Å². The molecule has 0 radical (unpaired) electrons. The number of aryl methyl sites for hydroxylation is 1. The fraction of sp³-hybridized carbons (Fsp3) is 0.333. The summed E-state index contributed by atoms with van der Waals surface area (Å²) < 4.78 is 6.34. The van der Waals surface area contributed by atoms with Gasteiger partial charge in [0.05, 0.1) is 18.6 Å². The van der Waals surface area contributed by atoms with Gasteiger partial charge in [-0.1, -0.05) is 35.0 Å². The zero-order chi connectivity index (χ0) is 13.0. The lowest BCUT2D eigenvalue weighted by Crippen LogP contribution is -2.23. The van der Waals surface area contributed by atoms with Crippen LogP contribution in [0.4, 0.5) is 0 Å². The van der Waals surface area contributed by atoms with E-state index in [1.54, 1.807) is 12.5 Å². The summed E-state index contributed by atoms with van der Waals surface area (Å²) >= 11 is 3.65. The predicted molar refractivity (Wildman–Crippen MR) is 77.7 cm³/mol. The lowest BCUT2D eigenvalue weighted by atomic mass is 10.00. The highest BCUT2D eigenvalue weighted by Gasteiger charge is 2.16. The summed E-state index contributed by atoms with van der Waals surface area (Å²) in [7, 11) is 0. The minimum Gasteiger partial charge on any atom is -0.472 e. The van der Waals surface area contributed by atoms with Gasteiger partial charge in [0.25, 0.3) is 0 Å². The maximum absolute atomic E-state index is 5.21. The molecule has 18 heavy (non-hydrogen) atoms. The molecule has 1 aromatic carbocycles. The molecule has 0 saturated heterocycles. The van der Waals surface area contributed by atoms with Gasteiger partial charge in [0, 0.05) is 10.0 Å². The Hall–Kier alpha value is -1.06. The van der Waals surface area contributed by atoms with Gasteiger partial charge in [-0.3, -0.25) is 0 Å². The first-order chi connectivity index (χ1) is 8.72. The van der Waals surface area contributed by atoms with E-state index in [2.05, 4.69) is 53.3 Å². The topological polar surface area (TPSA) is 25.2 Å². The molecule has 0 bridgehead atoms. The SMILES string of the molecule is CCCNC(c1ccoc1)c1ccc(C)cc1Br. The first kappa shape index (κ1) is 13.4. The summed E-state index contributed by atoms with van der Waals surface area (Å²) in [6, 6.07) is 8.65. The number of furan rings is 1. The number of benzene rings is 1. The van der Waals surface area contributed by atoms with Gasteiger partial charge in [-0.05, 0) is 43.1 Å². The standard InChI is InChI=1S/C15H18BrNO/c1-3-7-17-15(12-6-8-18-10-12)13-5-4-11(2)9-14(13)16/h4-6,8-10,15,17H,3,7H2,1-2H3. The van der Waals surface area contributed by atoms with Crippen LogP contribution in [0.3, 0.4) is 0 Å². The molecular weight excluding hydrogens is 290 g/mol. The Morgan fingerprint density at radius 3 is 2.78 bits per heavy atom. The Labute approximate surface area is 117 Å². The molecule has 96 valence electrons. The Kier molecular flexibility index (Phi) is 4.61. The van der Waals surface area contributed by atoms with Crippen LogP contribution in [0.2, 0.25) is 0 Å². The fourth-order valence-electron chi connectivity index (χ4n) is 2.00. The minimum absolute atomic E-state index is 0.179. The third-order valence-corrected chi connectivity index (χ3v) is 3.63. The molecule has 1 atom stereocenters. The molecular formula is C15H18BrNO. The summed E-state index contributed by atoms with van der Waals surface area (Å²) in [5, 5.41) is 3.56. The Morgan fingerprint density at radius 2 is 2.17 bits per heavy atom. The van der Waals surface area contributed by atoms with Crippen LogP contribution in [0.1, 0.15) is 36.1 Å². The fourth-order valence-corrected chi connectivity index (χ4v) is 2.72. The smallest absolute Gasteiger partial charge is 0.0953 e. The van der Waals surface area contributed by atoms with Crippen LogP contribution in [0.15, 0.2) is 45.7 Å². The zero-order valence-electron chi connectivity index (χ0n) is 10.7. The van der Waals surface area contributed by atoms with Crippen LogP contribution in [-0.2, 0) is 0 Å². The molecule has 0 amide bonds. The number of halogens is 1. The van der Waals surface area contributed by atoms with Gasteiger partial charge in [-0.2, -0.15) is 0 Å². The van der Waals surface area contributed by atoms with Crippen molar-refractivity contribution in [2.24, 2.45) is 0 Å². The second kappa shape index (κ2) is 6.21. The Bertz CT molecular complexity index is 493. The van der Waals surface area contributed by atoms with Crippen LogP contribution in [0, 0.1) is 6.92 Å². The van der Waals surface area contributed by atoms with Gasteiger partial charge >= 0.3 is 0 Å². The number of nitrogens with one attached hydrogen (secondary N) is 1. The highest BCUT2D eigenvalue weighted by Crippen LogP contribution is 2.29. The van der Waals surface area contributed by atoms with E-state index in [9.17, 15) is 0 Å². The molecule has 1 unspecified atom stereocenters. The lowest BCUT2D eigenvalue weighted by molar-refractivity contribution is 0.548. The van der Waals surface area contributed by atoms with E-state index < -0.39 is 0 Å². The molecule has 3 heteroatoms. The van der Waals surface area contributed by atoms with Gasteiger partial charge in [-0.15, -0.1) is 0 Å². The molecule has 1 N–H and O–H groups in total. The molecule has 1 aromatic heterocycles. The van der Waals surface area contributed by atoms with Gasteiger partial charge < -0.3 is 9.73 Å². The van der Waals surface area contributed by atoms with E-state index in [1.807, 2.05) is 6.07 Å². The lowest BCUT2D eigenvalue weighted by Gasteiger charge is -2.19. The van der Waals surface area contributed by atoms with Crippen molar-refractivity contribution in [2.45, 2.75) is 26.3 Å². The van der Waals surface area contributed by atoms with Gasteiger partial charge in [0.2, 0.25) is 0 Å². The van der Waals surface area contributed by atoms with Crippen molar-refractivity contribution >= 4 is 15.9 Å². The first-order valence-corrected chi connectivity index (χ1v) is 7.03. The molecule has 0 aliphatic heterocycles. The third kappa shape index (κ3) is 3.03. The normalized spacial score (nSPS) is 12.6. The number of rotatable bonds is 5. The summed E-state index contributed by atoms with van der Waals surface area (Å²) in [5.41, 5.74) is 3.66. The van der Waals surface area contributed by atoms with Crippen LogP contribution in [0.25, 0.3) is 0 Å². The highest BCUT2D eigenvalue weighted by atomic mass is 79.9. The summed E-state index contributed by atoms with van der Waals surface area (Å²) in [4.78, 5) is 0. The Balaban J connectivity index is 2.33. The van der Waals surface area contributed by atoms with Crippen molar-refractivity contribution in [1.82, 2.24) is 5.32 Å². The quantitative estimate of drug-likeness (QED) is 0.883. The van der Waals surface area contributed by atoms with E-state index in [1.165, 1.54) is 11.1 Å². The average molecular weight is 308 g/mol. The molecule has 2 rings (SSSR count). The minimum atomic E-state index is 0.179. The summed E-state index contributed by atoms with van der Waals surface area (Å²) in [5.74, 6) is 0. The predicted octanol–water partition coefficient (Wildman–Crippen LogP) is 4.44. The molecule has 2 aromatic rings. The van der Waals surface area contributed by atoms with Gasteiger partial charge in [0.1, 0.15) is 0 Å².